The summed E-state index contributed by atoms with van der Waals surface area (Å²) in [6.07, 6.45) is 4.24. The average Bonchev–Trinajstić information content (AvgIpc) is 3.78. The number of amides is 7. The number of carbonyl (C=O) groups excluding carboxylic acids is 8. The monoisotopic (exact) mass is 671 g/mol. The van der Waals surface area contributed by atoms with Crippen molar-refractivity contribution in [2.75, 3.05) is 52.7 Å². The molecule has 3 rings (SSSR count). The van der Waals surface area contributed by atoms with Crippen LogP contribution in [0.1, 0.15) is 31.2 Å². The number of imide groups is 1. The summed E-state index contributed by atoms with van der Waals surface area (Å²) in [5.74, 6) is -4.31. The van der Waals surface area contributed by atoms with Crippen molar-refractivity contribution in [2.24, 2.45) is 5.73 Å². The molecule has 3 unspecified atom stereocenters. The van der Waals surface area contributed by atoms with E-state index in [0.29, 0.717) is 32.4 Å². The topological polar surface area (TPSA) is 235 Å². The van der Waals surface area contributed by atoms with E-state index in [2.05, 4.69) is 21.3 Å². The van der Waals surface area contributed by atoms with Crippen LogP contribution in [-0.4, -0.2) is 122 Å². The average molecular weight is 672 g/mol. The quantitative estimate of drug-likeness (QED) is 0.0278. The molecule has 48 heavy (non-hydrogen) atoms. The van der Waals surface area contributed by atoms with E-state index in [4.69, 9.17) is 15.2 Å². The maximum atomic E-state index is 12.9. The van der Waals surface area contributed by atoms with Gasteiger partial charge in [-0.1, -0.05) is 36.8 Å². The van der Waals surface area contributed by atoms with E-state index in [1.54, 1.807) is 30.3 Å². The van der Waals surface area contributed by atoms with E-state index in [1.807, 2.05) is 4.90 Å². The first-order chi connectivity index (χ1) is 23.0. The Balaban J connectivity index is 1.30. The molecule has 1 fully saturated rings. The molecule has 1 saturated heterocycles. The number of nitrogens with one attached hydrogen (secondary N) is 4. The summed E-state index contributed by atoms with van der Waals surface area (Å²) in [5, 5.41) is 9.86. The number of hydrogen-bond acceptors (Lipinski definition) is 11. The molecule has 0 saturated carbocycles. The van der Waals surface area contributed by atoms with Gasteiger partial charge < -0.3 is 36.5 Å². The minimum absolute atomic E-state index is 0.0947. The second-order valence-corrected chi connectivity index (χ2v) is 11.0. The fraction of sp³-hybridized carbons (Fsp3) is 0.484. The van der Waals surface area contributed by atoms with Crippen LogP contribution in [0.5, 0.6) is 0 Å². The molecule has 2 aliphatic rings. The Morgan fingerprint density at radius 1 is 0.854 bits per heavy atom. The zero-order chi connectivity index (χ0) is 34.9. The number of esters is 1. The molecule has 2 aliphatic heterocycles. The van der Waals surface area contributed by atoms with Gasteiger partial charge in [0.1, 0.15) is 25.4 Å². The van der Waals surface area contributed by atoms with Crippen LogP contribution < -0.4 is 27.0 Å². The minimum Gasteiger partial charge on any atom is -0.454 e. The van der Waals surface area contributed by atoms with Gasteiger partial charge in [-0.15, -0.1) is 0 Å². The number of benzene rings is 1. The summed E-state index contributed by atoms with van der Waals surface area (Å²) in [4.78, 5) is 98.8. The van der Waals surface area contributed by atoms with Gasteiger partial charge in [0.05, 0.1) is 13.2 Å². The van der Waals surface area contributed by atoms with E-state index >= 15 is 0 Å². The van der Waals surface area contributed by atoms with Crippen LogP contribution in [0, 0.1) is 0 Å². The zero-order valence-corrected chi connectivity index (χ0v) is 26.4. The van der Waals surface area contributed by atoms with Crippen molar-refractivity contribution in [3.05, 3.63) is 48.0 Å². The number of ether oxygens (including phenoxy) is 2. The lowest BCUT2D eigenvalue weighted by Gasteiger charge is -2.19. The highest BCUT2D eigenvalue weighted by molar-refractivity contribution is 6.12. The summed E-state index contributed by atoms with van der Waals surface area (Å²) >= 11 is 0. The highest BCUT2D eigenvalue weighted by Gasteiger charge is 2.38. The third kappa shape index (κ3) is 13.7. The standard InChI is InChI=1S/C31H41N7O10/c32-30(45)23-18-37(23)13-14-47-20-35-25(40)16-34-31(46)22(15-21-7-3-1-4-8-21)36-26(41)19-48-29(44)17-33-24(39)9-5-2-6-12-38-27(42)10-11-28(38)43/h1,3-4,7-8,10-11,22-23H,2,5-6,9,12-20H2,(H2,32,45)(H,33,39)(H,34,46)(H,35,40)(H,36,41). The third-order valence-corrected chi connectivity index (χ3v) is 7.28. The molecule has 0 bridgehead atoms. The van der Waals surface area contributed by atoms with Gasteiger partial charge in [0, 0.05) is 44.6 Å². The predicted molar refractivity (Wildman–Crippen MR) is 167 cm³/mol. The molecule has 6 N–H and O–H groups in total. The van der Waals surface area contributed by atoms with Gasteiger partial charge in [-0.05, 0) is 18.4 Å². The largest absolute Gasteiger partial charge is 0.454 e. The molecule has 0 radical (unpaired) electrons. The number of nitrogens with zero attached hydrogens (tertiary/aromatic N) is 2. The number of unbranched alkanes of at least 4 members (excludes halogenated alkanes) is 2. The molecule has 0 aromatic heterocycles. The fourth-order valence-electron chi connectivity index (χ4n) is 4.57. The summed E-state index contributed by atoms with van der Waals surface area (Å²) < 4.78 is 10.2. The van der Waals surface area contributed by atoms with Crippen LogP contribution in [0.2, 0.25) is 0 Å². The first-order valence-corrected chi connectivity index (χ1v) is 15.5. The summed E-state index contributed by atoms with van der Waals surface area (Å²) in [6, 6.07) is 7.47. The zero-order valence-electron chi connectivity index (χ0n) is 26.4. The highest BCUT2D eigenvalue weighted by Crippen LogP contribution is 2.15. The maximum Gasteiger partial charge on any atom is 0.325 e. The van der Waals surface area contributed by atoms with E-state index in [1.165, 1.54) is 12.2 Å². The Kier molecular flexibility index (Phi) is 15.1. The Labute approximate surface area is 276 Å². The van der Waals surface area contributed by atoms with Crippen LogP contribution in [0.4, 0.5) is 0 Å². The van der Waals surface area contributed by atoms with Crippen molar-refractivity contribution in [3.8, 4) is 0 Å². The lowest BCUT2D eigenvalue weighted by molar-refractivity contribution is -0.148. The van der Waals surface area contributed by atoms with E-state index in [-0.39, 0.29) is 57.1 Å². The second kappa shape index (κ2) is 19.5. The highest BCUT2D eigenvalue weighted by atomic mass is 16.5. The molecule has 0 aliphatic carbocycles. The molecule has 7 amide bonds. The van der Waals surface area contributed by atoms with Gasteiger partial charge in [-0.2, -0.15) is 0 Å². The van der Waals surface area contributed by atoms with Crippen LogP contribution in [-0.2, 0) is 54.3 Å². The predicted octanol–water partition coefficient (Wildman–Crippen LogP) is -2.77. The van der Waals surface area contributed by atoms with Crippen molar-refractivity contribution in [1.82, 2.24) is 31.1 Å². The molecule has 17 nitrogen and oxygen atoms in total. The first-order valence-electron chi connectivity index (χ1n) is 15.5. The number of rotatable bonds is 22. The first kappa shape index (κ1) is 37.3. The van der Waals surface area contributed by atoms with Crippen molar-refractivity contribution in [3.63, 3.8) is 0 Å². The number of nitrogens with two attached hydrogens (primary N) is 1. The summed E-state index contributed by atoms with van der Waals surface area (Å²) in [6.45, 7) is -0.0617. The van der Waals surface area contributed by atoms with Crippen molar-refractivity contribution in [1.29, 1.82) is 0 Å². The molecule has 1 aromatic carbocycles. The van der Waals surface area contributed by atoms with Gasteiger partial charge in [-0.3, -0.25) is 48.2 Å². The van der Waals surface area contributed by atoms with Crippen molar-refractivity contribution in [2.45, 2.75) is 44.2 Å². The molecular weight excluding hydrogens is 630 g/mol. The van der Waals surface area contributed by atoms with E-state index < -0.39 is 54.7 Å². The SMILES string of the molecule is NC(=O)C1CN1CCOCNC(=O)CNC(=O)C(Cc1ccccc1)NC(=O)COC(=O)CNC(=O)CCCCCN1C(=O)C=CC1=O. The summed E-state index contributed by atoms with van der Waals surface area (Å²) in [7, 11) is 0. The van der Waals surface area contributed by atoms with Crippen LogP contribution in [0.3, 0.4) is 0 Å². The Morgan fingerprint density at radius 3 is 2.27 bits per heavy atom. The molecular formula is C31H41N7O10. The van der Waals surface area contributed by atoms with Gasteiger partial charge in [-0.25, -0.2) is 0 Å². The van der Waals surface area contributed by atoms with Gasteiger partial charge in [0.2, 0.25) is 23.6 Å². The van der Waals surface area contributed by atoms with E-state index in [0.717, 1.165) is 10.5 Å². The summed E-state index contributed by atoms with van der Waals surface area (Å²) in [5.41, 5.74) is 5.94. The molecule has 260 valence electrons. The normalized spacial score (nSPS) is 17.0. The van der Waals surface area contributed by atoms with Gasteiger partial charge >= 0.3 is 5.97 Å². The Morgan fingerprint density at radius 2 is 1.58 bits per heavy atom. The number of primary amides is 1. The molecule has 2 heterocycles. The number of hydrogen-bond donors (Lipinski definition) is 5. The van der Waals surface area contributed by atoms with Gasteiger partial charge in [0.15, 0.2) is 6.61 Å². The third-order valence-electron chi connectivity index (χ3n) is 7.28. The maximum absolute atomic E-state index is 12.9. The Hall–Kier alpha value is -5.16. The van der Waals surface area contributed by atoms with Crippen molar-refractivity contribution >= 4 is 47.3 Å². The van der Waals surface area contributed by atoms with Crippen LogP contribution in [0.15, 0.2) is 42.5 Å². The minimum atomic E-state index is -1.09. The lowest BCUT2D eigenvalue weighted by atomic mass is 10.1. The van der Waals surface area contributed by atoms with Gasteiger partial charge in [0.25, 0.3) is 17.7 Å². The smallest absolute Gasteiger partial charge is 0.325 e. The lowest BCUT2D eigenvalue weighted by Crippen LogP contribution is -2.51. The van der Waals surface area contributed by atoms with E-state index in [9.17, 15) is 38.4 Å². The Bertz CT molecular complexity index is 1350. The second-order valence-electron chi connectivity index (χ2n) is 11.0. The number of carbonyl (C=O) groups is 8. The van der Waals surface area contributed by atoms with Crippen molar-refractivity contribution < 1.29 is 47.8 Å². The van der Waals surface area contributed by atoms with Crippen LogP contribution >= 0.6 is 0 Å². The van der Waals surface area contributed by atoms with Crippen LogP contribution in [0.25, 0.3) is 0 Å². The molecule has 1 aromatic rings. The molecule has 3 atom stereocenters. The molecule has 17 heteroatoms. The molecule has 0 spiro atoms. The fourth-order valence-corrected chi connectivity index (χ4v) is 4.57.